The van der Waals surface area contributed by atoms with Gasteiger partial charge in [0.1, 0.15) is 10.1 Å². The molecule has 2 atom stereocenters. The van der Waals surface area contributed by atoms with Crippen molar-refractivity contribution >= 4 is 39.3 Å². The van der Waals surface area contributed by atoms with Crippen LogP contribution in [0.2, 0.25) is 0 Å². The molecule has 4 rings (SSSR count). The standard InChI is InChI=1S/C18H22N2O4S2/c1-10(17(22)23-2)25-18-19-15-14(12-6-3-7-13(12)26-15)16(21)20(18)9-11-5-4-8-24-11/h10-11H,3-9H2,1-2H3/t10-,11+/m1/s1. The number of ether oxygens (including phenoxy) is 2. The van der Waals surface area contributed by atoms with Gasteiger partial charge in [0.25, 0.3) is 5.56 Å². The number of hydrogen-bond acceptors (Lipinski definition) is 7. The van der Waals surface area contributed by atoms with Crippen molar-refractivity contribution in [2.45, 2.75) is 62.1 Å². The van der Waals surface area contributed by atoms with Crippen LogP contribution in [0.5, 0.6) is 0 Å². The molecule has 2 aromatic rings. The normalized spacial score (nSPS) is 20.5. The van der Waals surface area contributed by atoms with Crippen LogP contribution in [0, 0.1) is 0 Å². The molecule has 8 heteroatoms. The van der Waals surface area contributed by atoms with E-state index < -0.39 is 5.25 Å². The molecular weight excluding hydrogens is 372 g/mol. The van der Waals surface area contributed by atoms with Gasteiger partial charge < -0.3 is 9.47 Å². The van der Waals surface area contributed by atoms with E-state index in [1.807, 2.05) is 0 Å². The maximum Gasteiger partial charge on any atom is 0.318 e. The number of thiophene rings is 1. The number of carbonyl (C=O) groups is 1. The summed E-state index contributed by atoms with van der Waals surface area (Å²) < 4.78 is 12.3. The second-order valence-corrected chi connectivity index (χ2v) is 9.16. The Balaban J connectivity index is 1.79. The van der Waals surface area contributed by atoms with E-state index in [1.54, 1.807) is 22.8 Å². The number of nitrogens with zero attached hydrogens (tertiary/aromatic N) is 2. The van der Waals surface area contributed by atoms with Gasteiger partial charge in [-0.1, -0.05) is 11.8 Å². The van der Waals surface area contributed by atoms with E-state index in [0.29, 0.717) is 11.7 Å². The maximum atomic E-state index is 13.3. The lowest BCUT2D eigenvalue weighted by Gasteiger charge is -2.17. The third-order valence-electron chi connectivity index (χ3n) is 5.02. The number of aromatic nitrogens is 2. The largest absolute Gasteiger partial charge is 0.468 e. The smallest absolute Gasteiger partial charge is 0.318 e. The molecule has 2 aromatic heterocycles. The van der Waals surface area contributed by atoms with E-state index in [1.165, 1.54) is 29.3 Å². The van der Waals surface area contributed by atoms with Crippen molar-refractivity contribution in [3.05, 3.63) is 20.8 Å². The number of methoxy groups -OCH3 is 1. The summed E-state index contributed by atoms with van der Waals surface area (Å²) in [5, 5.41) is 0.929. The van der Waals surface area contributed by atoms with Crippen LogP contribution in [-0.4, -0.2) is 40.6 Å². The molecule has 0 N–H and O–H groups in total. The van der Waals surface area contributed by atoms with Gasteiger partial charge in [-0.15, -0.1) is 11.3 Å². The zero-order chi connectivity index (χ0) is 18.3. The summed E-state index contributed by atoms with van der Waals surface area (Å²) in [5.41, 5.74) is 1.19. The maximum absolute atomic E-state index is 13.3. The fourth-order valence-corrected chi connectivity index (χ4v) is 5.92. The number of esters is 1. The molecule has 1 fully saturated rings. The Morgan fingerprint density at radius 1 is 1.46 bits per heavy atom. The molecule has 6 nitrogen and oxygen atoms in total. The van der Waals surface area contributed by atoms with Gasteiger partial charge in [0.05, 0.1) is 25.1 Å². The average Bonchev–Trinajstić information content (AvgIpc) is 3.34. The Labute approximate surface area is 159 Å². The monoisotopic (exact) mass is 394 g/mol. The summed E-state index contributed by atoms with van der Waals surface area (Å²) in [6, 6.07) is 0. The lowest BCUT2D eigenvalue weighted by Crippen LogP contribution is -2.29. The molecule has 0 radical (unpaired) electrons. The van der Waals surface area contributed by atoms with Crippen LogP contribution in [0.25, 0.3) is 10.2 Å². The molecule has 140 valence electrons. The number of hydrogen-bond donors (Lipinski definition) is 0. The molecule has 0 spiro atoms. The van der Waals surface area contributed by atoms with Gasteiger partial charge in [0.15, 0.2) is 5.16 Å². The first-order valence-electron chi connectivity index (χ1n) is 8.99. The molecule has 0 bridgehead atoms. The fourth-order valence-electron chi connectivity index (χ4n) is 3.67. The summed E-state index contributed by atoms with van der Waals surface area (Å²) in [7, 11) is 1.37. The van der Waals surface area contributed by atoms with Crippen molar-refractivity contribution < 1.29 is 14.3 Å². The van der Waals surface area contributed by atoms with Crippen LogP contribution in [0.15, 0.2) is 9.95 Å². The van der Waals surface area contributed by atoms with Crippen LogP contribution in [-0.2, 0) is 33.7 Å². The highest BCUT2D eigenvalue weighted by molar-refractivity contribution is 8.00. The second-order valence-electron chi connectivity index (χ2n) is 6.77. The first-order valence-corrected chi connectivity index (χ1v) is 10.7. The zero-order valence-corrected chi connectivity index (χ0v) is 16.6. The molecule has 2 aliphatic rings. The molecule has 0 saturated carbocycles. The lowest BCUT2D eigenvalue weighted by molar-refractivity contribution is -0.139. The molecule has 3 heterocycles. The predicted octanol–water partition coefficient (Wildman–Crippen LogP) is 2.78. The molecule has 1 aliphatic heterocycles. The van der Waals surface area contributed by atoms with E-state index in [2.05, 4.69) is 0 Å². The van der Waals surface area contributed by atoms with E-state index >= 15 is 0 Å². The molecule has 0 amide bonds. The van der Waals surface area contributed by atoms with Gasteiger partial charge in [-0.05, 0) is 44.6 Å². The summed E-state index contributed by atoms with van der Waals surface area (Å²) >= 11 is 2.91. The highest BCUT2D eigenvalue weighted by atomic mass is 32.2. The predicted molar refractivity (Wildman–Crippen MR) is 102 cm³/mol. The number of fused-ring (bicyclic) bond motifs is 3. The molecule has 1 saturated heterocycles. The Kier molecular flexibility index (Phi) is 5.07. The third kappa shape index (κ3) is 3.18. The fraction of sp³-hybridized carbons (Fsp3) is 0.611. The second kappa shape index (κ2) is 7.32. The van der Waals surface area contributed by atoms with Crippen LogP contribution < -0.4 is 5.56 Å². The van der Waals surface area contributed by atoms with Crippen molar-refractivity contribution in [2.75, 3.05) is 13.7 Å². The Morgan fingerprint density at radius 2 is 2.31 bits per heavy atom. The van der Waals surface area contributed by atoms with Crippen molar-refractivity contribution in [1.82, 2.24) is 9.55 Å². The minimum atomic E-state index is -0.424. The first kappa shape index (κ1) is 18.0. The lowest BCUT2D eigenvalue weighted by atomic mass is 10.2. The van der Waals surface area contributed by atoms with E-state index in [4.69, 9.17) is 14.5 Å². The minimum absolute atomic E-state index is 0.00414. The first-order chi connectivity index (χ1) is 12.6. The minimum Gasteiger partial charge on any atom is -0.468 e. The molecule has 0 unspecified atom stereocenters. The van der Waals surface area contributed by atoms with Crippen LogP contribution >= 0.6 is 23.1 Å². The molecular formula is C18H22N2O4S2. The summed E-state index contributed by atoms with van der Waals surface area (Å²) in [6.07, 6.45) is 5.09. The van der Waals surface area contributed by atoms with Gasteiger partial charge in [-0.25, -0.2) is 4.98 Å². The SMILES string of the molecule is COC(=O)[C@@H](C)Sc1nc2sc3c(c2c(=O)n1C[C@@H]1CCCO1)CCC3. The van der Waals surface area contributed by atoms with Gasteiger partial charge in [-0.2, -0.15) is 0 Å². The summed E-state index contributed by atoms with van der Waals surface area (Å²) in [4.78, 5) is 32.0. The van der Waals surface area contributed by atoms with Crippen molar-refractivity contribution in [2.24, 2.45) is 0 Å². The van der Waals surface area contributed by atoms with Gasteiger partial charge in [0.2, 0.25) is 0 Å². The van der Waals surface area contributed by atoms with E-state index in [-0.39, 0.29) is 17.6 Å². The van der Waals surface area contributed by atoms with Crippen LogP contribution in [0.3, 0.4) is 0 Å². The molecule has 26 heavy (non-hydrogen) atoms. The van der Waals surface area contributed by atoms with Crippen LogP contribution in [0.4, 0.5) is 0 Å². The van der Waals surface area contributed by atoms with Crippen LogP contribution in [0.1, 0.15) is 36.6 Å². The van der Waals surface area contributed by atoms with Crippen molar-refractivity contribution in [1.29, 1.82) is 0 Å². The van der Waals surface area contributed by atoms with E-state index in [0.717, 1.165) is 48.9 Å². The number of thioether (sulfide) groups is 1. The topological polar surface area (TPSA) is 70.4 Å². The number of aryl methyl sites for hydroxylation is 2. The number of rotatable bonds is 5. The van der Waals surface area contributed by atoms with E-state index in [9.17, 15) is 9.59 Å². The molecule has 0 aromatic carbocycles. The Hall–Kier alpha value is -1.38. The van der Waals surface area contributed by atoms with Gasteiger partial charge in [-0.3, -0.25) is 14.2 Å². The quantitative estimate of drug-likeness (QED) is 0.441. The zero-order valence-electron chi connectivity index (χ0n) is 14.9. The molecule has 1 aliphatic carbocycles. The summed E-state index contributed by atoms with van der Waals surface area (Å²) in [6.45, 7) is 3.00. The van der Waals surface area contributed by atoms with Crippen molar-refractivity contribution in [3.63, 3.8) is 0 Å². The average molecular weight is 395 g/mol. The van der Waals surface area contributed by atoms with Crippen molar-refractivity contribution in [3.8, 4) is 0 Å². The Morgan fingerprint density at radius 3 is 3.04 bits per heavy atom. The number of carbonyl (C=O) groups excluding carboxylic acids is 1. The van der Waals surface area contributed by atoms with Gasteiger partial charge >= 0.3 is 5.97 Å². The Bertz CT molecular complexity index is 899. The highest BCUT2D eigenvalue weighted by Gasteiger charge is 2.27. The summed E-state index contributed by atoms with van der Waals surface area (Å²) in [5.74, 6) is -0.318. The third-order valence-corrected chi connectivity index (χ3v) is 7.27. The highest BCUT2D eigenvalue weighted by Crippen LogP contribution is 2.36. The van der Waals surface area contributed by atoms with Gasteiger partial charge in [0, 0.05) is 11.5 Å².